The predicted molar refractivity (Wildman–Crippen MR) is 145 cm³/mol. The zero-order valence-corrected chi connectivity index (χ0v) is 22.8. The molecule has 0 fully saturated rings. The van der Waals surface area contributed by atoms with E-state index >= 15 is 26.3 Å². The Morgan fingerprint density at radius 2 is 1.41 bits per heavy atom. The van der Waals surface area contributed by atoms with Crippen molar-refractivity contribution in [2.45, 2.75) is 52.4 Å². The standard InChI is InChI=1S/C31H33F6N2/c1-6-38(7-2)21-14-16-24-26(18-21)29(30(32,33)34,31(35,36)37)27-19-22(39(8-3)9-4)15-17-25(27)28(24)23-13-11-10-12-20(23)5/h10-19H,6-9H2,1-5H3/q+1. The SMILES string of the molecule is CCN(CC)c1ccc2c(c1)C(C(F)(F)F)(C(F)(F)F)C1=CC(=[N+](CC)CC)C=CC1=C2c1ccccc1C. The zero-order valence-electron chi connectivity index (χ0n) is 22.8. The second-order valence-corrected chi connectivity index (χ2v) is 9.74. The maximum atomic E-state index is 15.3. The summed E-state index contributed by atoms with van der Waals surface area (Å²) in [6.07, 6.45) is -7.16. The van der Waals surface area contributed by atoms with E-state index in [-0.39, 0.29) is 11.1 Å². The smallest absolute Gasteiger partial charge is 0.372 e. The minimum atomic E-state index is -5.66. The molecule has 0 N–H and O–H groups in total. The van der Waals surface area contributed by atoms with Gasteiger partial charge in [0.05, 0.1) is 0 Å². The topological polar surface area (TPSA) is 6.25 Å². The van der Waals surface area contributed by atoms with Gasteiger partial charge in [-0.3, -0.25) is 0 Å². The first-order valence-corrected chi connectivity index (χ1v) is 13.2. The number of allylic oxidation sites excluding steroid dienone is 5. The minimum absolute atomic E-state index is 0.0575. The molecule has 0 spiro atoms. The fraction of sp³-hybridized carbons (Fsp3) is 0.387. The Labute approximate surface area is 225 Å². The number of benzene rings is 2. The lowest BCUT2D eigenvalue weighted by Crippen LogP contribution is -2.57. The summed E-state index contributed by atoms with van der Waals surface area (Å²) in [5.41, 5.74) is -3.50. The van der Waals surface area contributed by atoms with Crippen LogP contribution in [0.3, 0.4) is 0 Å². The first-order chi connectivity index (χ1) is 18.4. The van der Waals surface area contributed by atoms with E-state index in [1.807, 2.05) is 40.7 Å². The third-order valence-electron chi connectivity index (χ3n) is 7.87. The molecule has 2 aliphatic carbocycles. The quantitative estimate of drug-likeness (QED) is 0.262. The highest BCUT2D eigenvalue weighted by Crippen LogP contribution is 2.63. The molecule has 0 saturated heterocycles. The molecule has 0 atom stereocenters. The van der Waals surface area contributed by atoms with Gasteiger partial charge in [-0.15, -0.1) is 0 Å². The van der Waals surface area contributed by atoms with E-state index in [4.69, 9.17) is 0 Å². The van der Waals surface area contributed by atoms with Gasteiger partial charge in [0.25, 0.3) is 0 Å². The molecule has 0 unspecified atom stereocenters. The molecule has 208 valence electrons. The van der Waals surface area contributed by atoms with Gasteiger partial charge in [-0.1, -0.05) is 30.3 Å². The van der Waals surface area contributed by atoms with Crippen LogP contribution in [-0.4, -0.2) is 48.8 Å². The van der Waals surface area contributed by atoms with Gasteiger partial charge >= 0.3 is 12.4 Å². The average Bonchev–Trinajstić information content (AvgIpc) is 2.87. The van der Waals surface area contributed by atoms with Crippen molar-refractivity contribution < 1.29 is 30.9 Å². The summed E-state index contributed by atoms with van der Waals surface area (Å²) < 4.78 is 93.5. The van der Waals surface area contributed by atoms with Gasteiger partial charge < -0.3 is 4.90 Å². The number of hydrogen-bond acceptors (Lipinski definition) is 1. The van der Waals surface area contributed by atoms with E-state index in [9.17, 15) is 0 Å². The van der Waals surface area contributed by atoms with Crippen molar-refractivity contribution in [1.82, 2.24) is 0 Å². The van der Waals surface area contributed by atoms with E-state index in [1.165, 1.54) is 12.1 Å². The highest BCUT2D eigenvalue weighted by atomic mass is 19.4. The van der Waals surface area contributed by atoms with E-state index in [1.54, 1.807) is 39.8 Å². The fourth-order valence-electron chi connectivity index (χ4n) is 5.90. The summed E-state index contributed by atoms with van der Waals surface area (Å²) in [4.78, 5) is 1.76. The van der Waals surface area contributed by atoms with Crippen molar-refractivity contribution in [2.75, 3.05) is 31.1 Å². The van der Waals surface area contributed by atoms with Crippen molar-refractivity contribution in [3.63, 3.8) is 0 Å². The molecule has 0 aromatic heterocycles. The molecular formula is C31H33F6N2+. The number of nitrogens with zero attached hydrogens (tertiary/aromatic N) is 2. The third kappa shape index (κ3) is 4.42. The van der Waals surface area contributed by atoms with Gasteiger partial charge in [0.1, 0.15) is 13.1 Å². The molecule has 0 radical (unpaired) electrons. The zero-order chi connectivity index (χ0) is 28.8. The molecule has 0 aliphatic heterocycles. The lowest BCUT2D eigenvalue weighted by Gasteiger charge is -2.45. The van der Waals surface area contributed by atoms with Gasteiger partial charge in [0.15, 0.2) is 5.71 Å². The van der Waals surface area contributed by atoms with Crippen LogP contribution < -0.4 is 4.90 Å². The van der Waals surface area contributed by atoms with Crippen molar-refractivity contribution >= 4 is 17.0 Å². The summed E-state index contributed by atoms with van der Waals surface area (Å²) in [6.45, 7) is 10.9. The number of hydrogen-bond donors (Lipinski definition) is 0. The Kier molecular flexibility index (Phi) is 7.63. The van der Waals surface area contributed by atoms with Crippen LogP contribution in [0.15, 0.2) is 71.8 Å². The van der Waals surface area contributed by atoms with Crippen LogP contribution in [0.2, 0.25) is 0 Å². The number of rotatable bonds is 6. The van der Waals surface area contributed by atoms with Crippen molar-refractivity contribution in [3.8, 4) is 0 Å². The fourth-order valence-corrected chi connectivity index (χ4v) is 5.90. The summed E-state index contributed by atoms with van der Waals surface area (Å²) in [5, 5.41) is 0. The molecule has 2 aromatic rings. The summed E-state index contributed by atoms with van der Waals surface area (Å²) in [5.74, 6) is 0. The first kappa shape index (κ1) is 28.7. The van der Waals surface area contributed by atoms with Crippen LogP contribution in [-0.2, 0) is 5.41 Å². The van der Waals surface area contributed by atoms with Crippen molar-refractivity contribution in [2.24, 2.45) is 0 Å². The number of anilines is 1. The highest BCUT2D eigenvalue weighted by molar-refractivity contribution is 6.07. The van der Waals surface area contributed by atoms with Crippen molar-refractivity contribution in [3.05, 3.63) is 94.1 Å². The molecule has 0 heterocycles. The molecule has 2 nitrogen and oxygen atoms in total. The minimum Gasteiger partial charge on any atom is -0.372 e. The van der Waals surface area contributed by atoms with Crippen LogP contribution in [0.4, 0.5) is 32.0 Å². The Morgan fingerprint density at radius 1 is 0.795 bits per heavy atom. The van der Waals surface area contributed by atoms with Gasteiger partial charge in [0.2, 0.25) is 5.41 Å². The van der Waals surface area contributed by atoms with Gasteiger partial charge in [-0.05, 0) is 91.8 Å². The van der Waals surface area contributed by atoms with Gasteiger partial charge in [-0.2, -0.15) is 26.3 Å². The normalized spacial score (nSPS) is 16.6. The highest BCUT2D eigenvalue weighted by Gasteiger charge is 2.75. The second kappa shape index (κ2) is 10.4. The molecular weight excluding hydrogens is 514 g/mol. The van der Waals surface area contributed by atoms with Gasteiger partial charge in [0, 0.05) is 30.9 Å². The maximum absolute atomic E-state index is 15.3. The number of halogens is 6. The molecule has 0 bridgehead atoms. The molecule has 8 heteroatoms. The first-order valence-electron chi connectivity index (χ1n) is 13.2. The van der Waals surface area contributed by atoms with Crippen molar-refractivity contribution in [1.29, 1.82) is 0 Å². The van der Waals surface area contributed by atoms with Gasteiger partial charge in [-0.25, -0.2) is 4.58 Å². The summed E-state index contributed by atoms with van der Waals surface area (Å²) >= 11 is 0. The summed E-state index contributed by atoms with van der Waals surface area (Å²) in [6, 6.07) is 11.3. The van der Waals surface area contributed by atoms with E-state index < -0.39 is 28.9 Å². The largest absolute Gasteiger partial charge is 0.411 e. The van der Waals surface area contributed by atoms with Crippen LogP contribution >= 0.6 is 0 Å². The average molecular weight is 548 g/mol. The van der Waals surface area contributed by atoms with Crippen LogP contribution in [0.1, 0.15) is 49.9 Å². The molecule has 0 amide bonds. The molecule has 2 aliphatic rings. The Hall–Kier alpha value is -3.29. The third-order valence-corrected chi connectivity index (χ3v) is 7.87. The van der Waals surface area contributed by atoms with Crippen LogP contribution in [0.25, 0.3) is 5.57 Å². The van der Waals surface area contributed by atoms with Crippen LogP contribution in [0.5, 0.6) is 0 Å². The predicted octanol–water partition coefficient (Wildman–Crippen LogP) is 8.01. The number of aryl methyl sites for hydroxylation is 1. The van der Waals surface area contributed by atoms with Crippen LogP contribution in [0, 0.1) is 6.92 Å². The lowest BCUT2D eigenvalue weighted by molar-refractivity contribution is -0.519. The second-order valence-electron chi connectivity index (χ2n) is 9.74. The van der Waals surface area contributed by atoms with E-state index in [2.05, 4.69) is 0 Å². The Balaban J connectivity index is 2.27. The monoisotopic (exact) mass is 547 g/mol. The van der Waals surface area contributed by atoms with E-state index in [0.29, 0.717) is 48.7 Å². The summed E-state index contributed by atoms with van der Waals surface area (Å²) in [7, 11) is 0. The lowest BCUT2D eigenvalue weighted by atomic mass is 9.61. The Morgan fingerprint density at radius 3 is 1.95 bits per heavy atom. The Bertz CT molecular complexity index is 1360. The molecule has 2 aromatic carbocycles. The number of fused-ring (bicyclic) bond motifs is 2. The molecule has 39 heavy (non-hydrogen) atoms. The molecule has 0 saturated carbocycles. The van der Waals surface area contributed by atoms with E-state index in [0.717, 1.165) is 17.7 Å². The number of alkyl halides is 6. The molecule has 4 rings (SSSR count). The maximum Gasteiger partial charge on any atom is 0.411 e.